The minimum atomic E-state index is -0.147. The second kappa shape index (κ2) is 4.98. The Morgan fingerprint density at radius 1 is 1.75 bits per heavy atom. The minimum Gasteiger partial charge on any atom is -0.395 e. The van der Waals surface area contributed by atoms with E-state index in [1.807, 2.05) is 6.07 Å². The molecular formula is C10H13N5O. The van der Waals surface area contributed by atoms with Crippen LogP contribution >= 0.6 is 0 Å². The van der Waals surface area contributed by atoms with Gasteiger partial charge in [0.05, 0.1) is 17.8 Å². The number of nitrogens with two attached hydrogens (primary N) is 1. The van der Waals surface area contributed by atoms with Crippen LogP contribution in [0.2, 0.25) is 0 Å². The monoisotopic (exact) mass is 219 g/mol. The minimum absolute atomic E-state index is 0.141. The predicted molar refractivity (Wildman–Crippen MR) is 60.7 cm³/mol. The molecule has 0 spiro atoms. The van der Waals surface area contributed by atoms with Gasteiger partial charge in [-0.25, -0.2) is 4.98 Å². The standard InChI is InChI=1S/C10H13N5O/c1-13-8(16)6-15(2)10-9(12)7(5-11)3-4-14-10/h3-4H,6,12H2,1-2H3,(H,13,16). The number of hydrogen-bond donors (Lipinski definition) is 2. The SMILES string of the molecule is CNC(=O)CN(C)c1nccc(C#N)c1N. The van der Waals surface area contributed by atoms with E-state index >= 15 is 0 Å². The van der Waals surface area contributed by atoms with E-state index in [9.17, 15) is 4.79 Å². The lowest BCUT2D eigenvalue weighted by molar-refractivity contribution is -0.119. The molecule has 0 saturated carbocycles. The van der Waals surface area contributed by atoms with Crippen LogP contribution in [-0.2, 0) is 4.79 Å². The molecule has 6 nitrogen and oxygen atoms in total. The molecule has 84 valence electrons. The first kappa shape index (κ1) is 11.8. The van der Waals surface area contributed by atoms with E-state index in [2.05, 4.69) is 10.3 Å². The Labute approximate surface area is 93.7 Å². The summed E-state index contributed by atoms with van der Waals surface area (Å²) in [5.41, 5.74) is 6.40. The van der Waals surface area contributed by atoms with Crippen LogP contribution in [0.1, 0.15) is 5.56 Å². The number of nitrogen functional groups attached to an aromatic ring is 1. The van der Waals surface area contributed by atoms with E-state index in [0.717, 1.165) is 0 Å². The molecule has 16 heavy (non-hydrogen) atoms. The number of nitrogens with zero attached hydrogens (tertiary/aromatic N) is 3. The lowest BCUT2D eigenvalue weighted by Gasteiger charge is -2.18. The van der Waals surface area contributed by atoms with Crippen LogP contribution < -0.4 is 16.0 Å². The maximum atomic E-state index is 11.2. The number of likely N-dealkylation sites (N-methyl/N-ethyl adjacent to an activating group) is 2. The summed E-state index contributed by atoms with van der Waals surface area (Å²) in [5, 5.41) is 11.3. The summed E-state index contributed by atoms with van der Waals surface area (Å²) in [6.07, 6.45) is 1.49. The summed E-state index contributed by atoms with van der Waals surface area (Å²) in [6, 6.07) is 3.50. The number of aromatic nitrogens is 1. The van der Waals surface area contributed by atoms with Crippen molar-refractivity contribution in [2.45, 2.75) is 0 Å². The van der Waals surface area contributed by atoms with Gasteiger partial charge in [-0.2, -0.15) is 5.26 Å². The molecule has 0 radical (unpaired) electrons. The highest BCUT2D eigenvalue weighted by atomic mass is 16.1. The van der Waals surface area contributed by atoms with Crippen LogP contribution in [0.15, 0.2) is 12.3 Å². The van der Waals surface area contributed by atoms with Crippen molar-refractivity contribution in [1.29, 1.82) is 5.26 Å². The van der Waals surface area contributed by atoms with Crippen LogP contribution in [-0.4, -0.2) is 31.5 Å². The Kier molecular flexibility index (Phi) is 3.67. The summed E-state index contributed by atoms with van der Waals surface area (Å²) >= 11 is 0. The normalized spacial score (nSPS) is 9.31. The molecule has 1 rings (SSSR count). The first-order chi connectivity index (χ1) is 7.60. The quantitative estimate of drug-likeness (QED) is 0.728. The molecule has 0 atom stereocenters. The third-order valence-corrected chi connectivity index (χ3v) is 2.11. The third kappa shape index (κ3) is 2.39. The van der Waals surface area contributed by atoms with Gasteiger partial charge >= 0.3 is 0 Å². The summed E-state index contributed by atoms with van der Waals surface area (Å²) < 4.78 is 0. The molecule has 0 aliphatic rings. The number of amides is 1. The predicted octanol–water partition coefficient (Wildman–Crippen LogP) is -0.282. The van der Waals surface area contributed by atoms with Crippen molar-refractivity contribution in [2.75, 3.05) is 31.3 Å². The molecule has 3 N–H and O–H groups in total. The average Bonchev–Trinajstić information content (AvgIpc) is 2.29. The molecule has 0 aromatic carbocycles. The van der Waals surface area contributed by atoms with Gasteiger partial charge < -0.3 is 16.0 Å². The highest BCUT2D eigenvalue weighted by Gasteiger charge is 2.12. The van der Waals surface area contributed by atoms with E-state index < -0.39 is 0 Å². The van der Waals surface area contributed by atoms with Crippen molar-refractivity contribution >= 4 is 17.4 Å². The Bertz CT molecular complexity index is 437. The maximum Gasteiger partial charge on any atom is 0.239 e. The summed E-state index contributed by atoms with van der Waals surface area (Å²) in [5.74, 6) is 0.286. The van der Waals surface area contributed by atoms with E-state index in [1.54, 1.807) is 19.0 Å². The molecule has 0 saturated heterocycles. The van der Waals surface area contributed by atoms with Crippen molar-refractivity contribution in [3.63, 3.8) is 0 Å². The van der Waals surface area contributed by atoms with Gasteiger partial charge in [0.25, 0.3) is 0 Å². The first-order valence-corrected chi connectivity index (χ1v) is 4.66. The van der Waals surface area contributed by atoms with Gasteiger partial charge in [0, 0.05) is 20.3 Å². The van der Waals surface area contributed by atoms with Gasteiger partial charge in [-0.1, -0.05) is 0 Å². The zero-order chi connectivity index (χ0) is 12.1. The molecule has 0 bridgehead atoms. The molecule has 0 unspecified atom stereocenters. The molecule has 1 aromatic heterocycles. The van der Waals surface area contributed by atoms with Gasteiger partial charge in [-0.15, -0.1) is 0 Å². The lowest BCUT2D eigenvalue weighted by Crippen LogP contribution is -2.33. The zero-order valence-electron chi connectivity index (χ0n) is 9.19. The van der Waals surface area contributed by atoms with E-state index in [0.29, 0.717) is 11.4 Å². The summed E-state index contributed by atoms with van der Waals surface area (Å²) in [4.78, 5) is 16.8. The Morgan fingerprint density at radius 3 is 3.00 bits per heavy atom. The maximum absolute atomic E-state index is 11.2. The van der Waals surface area contributed by atoms with Gasteiger partial charge in [0.15, 0.2) is 5.82 Å². The second-order valence-corrected chi connectivity index (χ2v) is 3.24. The number of carbonyl (C=O) groups excluding carboxylic acids is 1. The zero-order valence-corrected chi connectivity index (χ0v) is 9.19. The fourth-order valence-electron chi connectivity index (χ4n) is 1.23. The van der Waals surface area contributed by atoms with E-state index in [4.69, 9.17) is 11.0 Å². The molecule has 0 aliphatic carbocycles. The number of hydrogen-bond acceptors (Lipinski definition) is 5. The number of rotatable bonds is 3. The summed E-state index contributed by atoms with van der Waals surface area (Å²) in [7, 11) is 3.24. The average molecular weight is 219 g/mol. The number of nitrogens with one attached hydrogen (secondary N) is 1. The largest absolute Gasteiger partial charge is 0.395 e. The molecule has 6 heteroatoms. The van der Waals surface area contributed by atoms with Gasteiger partial charge in [-0.3, -0.25) is 4.79 Å². The Hall–Kier alpha value is -2.29. The van der Waals surface area contributed by atoms with Crippen molar-refractivity contribution in [1.82, 2.24) is 10.3 Å². The molecule has 1 heterocycles. The first-order valence-electron chi connectivity index (χ1n) is 4.66. The van der Waals surface area contributed by atoms with Crippen LogP contribution in [0.3, 0.4) is 0 Å². The van der Waals surface area contributed by atoms with Crippen LogP contribution in [0, 0.1) is 11.3 Å². The Balaban J connectivity index is 2.96. The highest BCUT2D eigenvalue weighted by molar-refractivity contribution is 5.82. The Morgan fingerprint density at radius 2 is 2.44 bits per heavy atom. The van der Waals surface area contributed by atoms with Crippen molar-refractivity contribution < 1.29 is 4.79 Å². The highest BCUT2D eigenvalue weighted by Crippen LogP contribution is 2.21. The second-order valence-electron chi connectivity index (χ2n) is 3.24. The molecule has 0 fully saturated rings. The van der Waals surface area contributed by atoms with Crippen molar-refractivity contribution in [3.8, 4) is 6.07 Å². The van der Waals surface area contributed by atoms with E-state index in [-0.39, 0.29) is 18.1 Å². The van der Waals surface area contributed by atoms with Crippen LogP contribution in [0.25, 0.3) is 0 Å². The molecule has 1 aromatic rings. The van der Waals surface area contributed by atoms with Gasteiger partial charge in [0.1, 0.15) is 6.07 Å². The molecule has 0 aliphatic heterocycles. The fraction of sp³-hybridized carbons (Fsp3) is 0.300. The lowest BCUT2D eigenvalue weighted by atomic mass is 10.2. The van der Waals surface area contributed by atoms with Crippen LogP contribution in [0.5, 0.6) is 0 Å². The number of nitriles is 1. The van der Waals surface area contributed by atoms with Gasteiger partial charge in [-0.05, 0) is 6.07 Å². The summed E-state index contributed by atoms with van der Waals surface area (Å²) in [6.45, 7) is 0.141. The number of pyridine rings is 1. The van der Waals surface area contributed by atoms with Crippen LogP contribution in [0.4, 0.5) is 11.5 Å². The molecule has 1 amide bonds. The number of carbonyl (C=O) groups is 1. The topological polar surface area (TPSA) is 95.0 Å². The fourth-order valence-corrected chi connectivity index (χ4v) is 1.23. The third-order valence-electron chi connectivity index (χ3n) is 2.11. The smallest absolute Gasteiger partial charge is 0.239 e. The molecular weight excluding hydrogens is 206 g/mol. The number of anilines is 2. The van der Waals surface area contributed by atoms with E-state index in [1.165, 1.54) is 12.3 Å². The van der Waals surface area contributed by atoms with Gasteiger partial charge in [0.2, 0.25) is 5.91 Å². The van der Waals surface area contributed by atoms with Crippen molar-refractivity contribution in [2.24, 2.45) is 0 Å². The van der Waals surface area contributed by atoms with Crippen molar-refractivity contribution in [3.05, 3.63) is 17.8 Å².